The van der Waals surface area contributed by atoms with Gasteiger partial charge in [-0.05, 0) is 66.4 Å². The highest BCUT2D eigenvalue weighted by atomic mass is 35.5. The van der Waals surface area contributed by atoms with Crippen LogP contribution in [0.3, 0.4) is 0 Å². The van der Waals surface area contributed by atoms with E-state index in [1.807, 2.05) is 43.3 Å². The molecule has 4 rings (SSSR count). The fourth-order valence-corrected chi connectivity index (χ4v) is 4.08. The molecule has 0 bridgehead atoms. The summed E-state index contributed by atoms with van der Waals surface area (Å²) in [5.74, 6) is -1.87. The van der Waals surface area contributed by atoms with E-state index >= 15 is 0 Å². The lowest BCUT2D eigenvalue weighted by Crippen LogP contribution is -2.33. The van der Waals surface area contributed by atoms with Gasteiger partial charge in [-0.25, -0.2) is 9.97 Å². The Kier molecular flexibility index (Phi) is 8.43. The number of benzene rings is 3. The Hall–Kier alpha value is -4.47. The van der Waals surface area contributed by atoms with E-state index in [2.05, 4.69) is 15.3 Å². The molecule has 9 nitrogen and oxygen atoms in total. The molecule has 4 aromatic rings. The number of phenols is 2. The number of aromatic hydroxyl groups is 2. The van der Waals surface area contributed by atoms with E-state index in [4.69, 9.17) is 16.7 Å². The van der Waals surface area contributed by atoms with Crippen LogP contribution in [0, 0.1) is 6.92 Å². The lowest BCUT2D eigenvalue weighted by atomic mass is 10.1. The molecule has 4 N–H and O–H groups in total. The van der Waals surface area contributed by atoms with Crippen molar-refractivity contribution in [1.82, 2.24) is 15.3 Å². The van der Waals surface area contributed by atoms with E-state index < -0.39 is 17.9 Å². The zero-order chi connectivity index (χ0) is 28.1. The summed E-state index contributed by atoms with van der Waals surface area (Å²) in [5, 5.41) is 32.2. The van der Waals surface area contributed by atoms with Crippen LogP contribution in [-0.2, 0) is 17.9 Å². The summed E-state index contributed by atoms with van der Waals surface area (Å²) in [6, 6.07) is 17.8. The monoisotopic (exact) mass is 546 g/mol. The lowest BCUT2D eigenvalue weighted by Gasteiger charge is -2.24. The van der Waals surface area contributed by atoms with Crippen LogP contribution in [0.4, 0.5) is 5.69 Å². The summed E-state index contributed by atoms with van der Waals surface area (Å²) in [7, 11) is 0. The molecular weight excluding hydrogens is 520 g/mol. The third-order valence-electron chi connectivity index (χ3n) is 6.20. The SMILES string of the molecule is Cc1cnc(Cl)nc1-c1ccc(N(Cc2ccc(CNC(C)C(=O)O)cc2)C(=O)c2ccc(O)cc2O)cc1. The van der Waals surface area contributed by atoms with Crippen LogP contribution >= 0.6 is 11.6 Å². The second-order valence-electron chi connectivity index (χ2n) is 9.07. The Labute approximate surface area is 230 Å². The van der Waals surface area contributed by atoms with Gasteiger partial charge in [0.1, 0.15) is 17.5 Å². The first-order chi connectivity index (χ1) is 18.6. The summed E-state index contributed by atoms with van der Waals surface area (Å²) < 4.78 is 0. The van der Waals surface area contributed by atoms with Gasteiger partial charge in [-0.1, -0.05) is 36.4 Å². The maximum Gasteiger partial charge on any atom is 0.320 e. The van der Waals surface area contributed by atoms with Crippen LogP contribution in [0.1, 0.15) is 34.0 Å². The van der Waals surface area contributed by atoms with Gasteiger partial charge in [-0.3, -0.25) is 9.59 Å². The normalized spacial score (nSPS) is 11.7. The van der Waals surface area contributed by atoms with Crippen LogP contribution in [0.5, 0.6) is 11.5 Å². The quantitative estimate of drug-likeness (QED) is 0.217. The molecule has 1 aromatic heterocycles. The van der Waals surface area contributed by atoms with E-state index in [0.717, 1.165) is 28.3 Å². The Morgan fingerprint density at radius 3 is 2.31 bits per heavy atom. The fourth-order valence-electron chi connectivity index (χ4n) is 3.94. The molecule has 1 amide bonds. The summed E-state index contributed by atoms with van der Waals surface area (Å²) in [4.78, 5) is 34.5. The highest BCUT2D eigenvalue weighted by molar-refractivity contribution is 6.28. The van der Waals surface area contributed by atoms with Crippen molar-refractivity contribution < 1.29 is 24.9 Å². The van der Waals surface area contributed by atoms with Crippen molar-refractivity contribution in [3.8, 4) is 22.8 Å². The first-order valence-electron chi connectivity index (χ1n) is 12.1. The number of aromatic nitrogens is 2. The molecule has 0 aliphatic heterocycles. The van der Waals surface area contributed by atoms with Crippen molar-refractivity contribution in [3.05, 3.63) is 100 Å². The Balaban J connectivity index is 1.63. The van der Waals surface area contributed by atoms with Gasteiger partial charge in [-0.2, -0.15) is 0 Å². The molecule has 0 fully saturated rings. The molecule has 1 atom stereocenters. The second-order valence-corrected chi connectivity index (χ2v) is 9.41. The van der Waals surface area contributed by atoms with Crippen molar-refractivity contribution in [2.45, 2.75) is 33.0 Å². The molecule has 0 spiro atoms. The van der Waals surface area contributed by atoms with Gasteiger partial charge in [0.15, 0.2) is 0 Å². The number of aryl methyl sites for hydroxylation is 1. The summed E-state index contributed by atoms with van der Waals surface area (Å²) in [5.41, 5.74) is 4.66. The number of carbonyl (C=O) groups is 2. The van der Waals surface area contributed by atoms with Crippen LogP contribution in [-0.4, -0.2) is 43.2 Å². The number of carbonyl (C=O) groups excluding carboxylic acids is 1. The maximum atomic E-state index is 13.6. The Morgan fingerprint density at radius 1 is 1.00 bits per heavy atom. The molecule has 0 radical (unpaired) electrons. The predicted molar refractivity (Wildman–Crippen MR) is 148 cm³/mol. The molecule has 10 heteroatoms. The number of nitrogens with zero attached hydrogens (tertiary/aromatic N) is 3. The Bertz CT molecular complexity index is 1490. The predicted octanol–water partition coefficient (Wildman–Crippen LogP) is 4.93. The summed E-state index contributed by atoms with van der Waals surface area (Å²) in [6.07, 6.45) is 1.64. The number of nitrogens with one attached hydrogen (secondary N) is 1. The van der Waals surface area contributed by atoms with Gasteiger partial charge < -0.3 is 25.5 Å². The van der Waals surface area contributed by atoms with Gasteiger partial charge in [0, 0.05) is 30.1 Å². The number of halogens is 1. The van der Waals surface area contributed by atoms with Gasteiger partial charge in [0.05, 0.1) is 17.8 Å². The van der Waals surface area contributed by atoms with Crippen molar-refractivity contribution >= 4 is 29.2 Å². The zero-order valence-corrected chi connectivity index (χ0v) is 22.1. The number of amides is 1. The van der Waals surface area contributed by atoms with Gasteiger partial charge in [-0.15, -0.1) is 0 Å². The zero-order valence-electron chi connectivity index (χ0n) is 21.3. The molecule has 1 unspecified atom stereocenters. The minimum absolute atomic E-state index is 0.0405. The van der Waals surface area contributed by atoms with Crippen molar-refractivity contribution in [2.75, 3.05) is 4.90 Å². The fraction of sp³-hybridized carbons (Fsp3) is 0.172. The highest BCUT2D eigenvalue weighted by Gasteiger charge is 2.22. The molecule has 39 heavy (non-hydrogen) atoms. The number of rotatable bonds is 9. The van der Waals surface area contributed by atoms with Gasteiger partial charge in [0.25, 0.3) is 5.91 Å². The molecule has 3 aromatic carbocycles. The number of phenolic OH excluding ortho intramolecular Hbond substituents is 2. The van der Waals surface area contributed by atoms with Crippen LogP contribution in [0.2, 0.25) is 5.28 Å². The molecular formula is C29H27ClN4O5. The van der Waals surface area contributed by atoms with Crippen LogP contribution < -0.4 is 10.2 Å². The number of carboxylic acids is 1. The molecule has 1 heterocycles. The summed E-state index contributed by atoms with van der Waals surface area (Å²) in [6.45, 7) is 4.02. The minimum atomic E-state index is -0.928. The lowest BCUT2D eigenvalue weighted by molar-refractivity contribution is -0.139. The first kappa shape index (κ1) is 27.6. The van der Waals surface area contributed by atoms with Crippen molar-refractivity contribution in [2.24, 2.45) is 0 Å². The number of hydrogen-bond donors (Lipinski definition) is 4. The van der Waals surface area contributed by atoms with E-state index in [0.29, 0.717) is 17.9 Å². The van der Waals surface area contributed by atoms with Gasteiger partial charge in [0.2, 0.25) is 5.28 Å². The van der Waals surface area contributed by atoms with E-state index in [-0.39, 0.29) is 28.9 Å². The van der Waals surface area contributed by atoms with E-state index in [9.17, 15) is 19.8 Å². The molecule has 0 saturated heterocycles. The molecule has 0 aliphatic carbocycles. The van der Waals surface area contributed by atoms with Gasteiger partial charge >= 0.3 is 5.97 Å². The van der Waals surface area contributed by atoms with Crippen molar-refractivity contribution in [3.63, 3.8) is 0 Å². The number of anilines is 1. The minimum Gasteiger partial charge on any atom is -0.508 e. The van der Waals surface area contributed by atoms with E-state index in [1.165, 1.54) is 17.0 Å². The third-order valence-corrected chi connectivity index (χ3v) is 6.38. The molecule has 0 saturated carbocycles. The standard InChI is InChI=1S/C29H27ClN4O5/c1-17-14-32-29(30)33-26(17)21-7-9-22(10-8-21)34(27(37)24-12-11-23(35)13-25(24)36)16-20-5-3-19(4-6-20)15-31-18(2)28(38)39/h3-14,18,31,35-36H,15-16H2,1-2H3,(H,38,39). The molecule has 0 aliphatic rings. The number of carboxylic acid groups (broad SMARTS) is 1. The summed E-state index contributed by atoms with van der Waals surface area (Å²) >= 11 is 5.99. The maximum absolute atomic E-state index is 13.6. The Morgan fingerprint density at radius 2 is 1.67 bits per heavy atom. The van der Waals surface area contributed by atoms with Crippen LogP contribution in [0.15, 0.2) is 72.9 Å². The number of hydrogen-bond acceptors (Lipinski definition) is 7. The topological polar surface area (TPSA) is 136 Å². The average Bonchev–Trinajstić information content (AvgIpc) is 2.92. The van der Waals surface area contributed by atoms with Crippen molar-refractivity contribution in [1.29, 1.82) is 0 Å². The number of aliphatic carboxylic acids is 1. The highest BCUT2D eigenvalue weighted by Crippen LogP contribution is 2.30. The van der Waals surface area contributed by atoms with Crippen LogP contribution in [0.25, 0.3) is 11.3 Å². The third kappa shape index (κ3) is 6.70. The van der Waals surface area contributed by atoms with E-state index in [1.54, 1.807) is 25.3 Å². The largest absolute Gasteiger partial charge is 0.508 e. The first-order valence-corrected chi connectivity index (χ1v) is 12.5. The second kappa shape index (κ2) is 11.9. The average molecular weight is 547 g/mol. The molecule has 200 valence electrons. The smallest absolute Gasteiger partial charge is 0.320 e.